The highest BCUT2D eigenvalue weighted by atomic mass is 19.4. The Bertz CT molecular complexity index is 1310. The van der Waals surface area contributed by atoms with Gasteiger partial charge in [-0.25, -0.2) is 18.6 Å². The molecular weight excluding hydrogens is 583 g/mol. The molecule has 0 bridgehead atoms. The topological polar surface area (TPSA) is 139 Å². The first-order chi connectivity index (χ1) is 20.2. The van der Waals surface area contributed by atoms with E-state index in [9.17, 15) is 36.3 Å². The van der Waals surface area contributed by atoms with Crippen LogP contribution >= 0.6 is 0 Å². The van der Waals surface area contributed by atoms with Crippen LogP contribution in [-0.4, -0.2) is 77.3 Å². The highest BCUT2D eigenvalue weighted by Crippen LogP contribution is 2.38. The molecule has 16 heteroatoms. The van der Waals surface area contributed by atoms with E-state index in [0.29, 0.717) is 11.3 Å². The van der Waals surface area contributed by atoms with E-state index in [1.165, 1.54) is 25.4 Å². The van der Waals surface area contributed by atoms with Crippen molar-refractivity contribution >= 4 is 23.7 Å². The molecule has 11 nitrogen and oxygen atoms in total. The van der Waals surface area contributed by atoms with Gasteiger partial charge in [-0.3, -0.25) is 9.59 Å². The van der Waals surface area contributed by atoms with Crippen LogP contribution in [0.5, 0.6) is 0 Å². The maximum Gasteiger partial charge on any atom is 0.410 e. The molecular formula is C27H33F5N6O5. The number of hydrogen-bond donors (Lipinski definition) is 3. The number of pyridine rings is 1. The lowest BCUT2D eigenvalue weighted by atomic mass is 9.81. The van der Waals surface area contributed by atoms with E-state index in [4.69, 9.17) is 9.26 Å². The summed E-state index contributed by atoms with van der Waals surface area (Å²) < 4.78 is 77.8. The molecule has 1 saturated heterocycles. The second-order valence-electron chi connectivity index (χ2n) is 11.0. The average molecular weight is 617 g/mol. The lowest BCUT2D eigenvalue weighted by molar-refractivity contribution is -0.150. The molecule has 1 aliphatic heterocycles. The number of carbonyl (C=O) groups excluding carboxylic acids is 3. The van der Waals surface area contributed by atoms with Crippen molar-refractivity contribution in [1.82, 2.24) is 25.7 Å². The molecule has 2 aliphatic rings. The summed E-state index contributed by atoms with van der Waals surface area (Å²) >= 11 is 0. The van der Waals surface area contributed by atoms with Crippen LogP contribution in [0.2, 0.25) is 0 Å². The third kappa shape index (κ3) is 7.58. The fourth-order valence-corrected chi connectivity index (χ4v) is 5.31. The van der Waals surface area contributed by atoms with Crippen molar-refractivity contribution in [2.45, 2.75) is 75.7 Å². The second kappa shape index (κ2) is 12.8. The number of rotatable bonds is 10. The number of anilines is 1. The van der Waals surface area contributed by atoms with E-state index in [1.807, 2.05) is 5.32 Å². The molecule has 0 spiro atoms. The van der Waals surface area contributed by atoms with Gasteiger partial charge in [0, 0.05) is 26.1 Å². The summed E-state index contributed by atoms with van der Waals surface area (Å²) in [4.78, 5) is 44.2. The largest absolute Gasteiger partial charge is 0.410 e. The molecule has 236 valence electrons. The van der Waals surface area contributed by atoms with Gasteiger partial charge < -0.3 is 30.1 Å². The first-order valence-electron chi connectivity index (χ1n) is 13.7. The number of hydrogen-bond acceptors (Lipinski definition) is 7. The van der Waals surface area contributed by atoms with Gasteiger partial charge in [0.2, 0.25) is 11.8 Å². The van der Waals surface area contributed by atoms with Crippen LogP contribution in [0.3, 0.4) is 0 Å². The molecule has 0 aromatic carbocycles. The Balaban J connectivity index is 1.56. The van der Waals surface area contributed by atoms with E-state index in [-0.39, 0.29) is 36.7 Å². The molecule has 3 atom stereocenters. The molecule has 2 aromatic rings. The number of urea groups is 1. The lowest BCUT2D eigenvalue weighted by Gasteiger charge is -2.33. The van der Waals surface area contributed by atoms with Crippen molar-refractivity contribution in [3.63, 3.8) is 0 Å². The highest BCUT2D eigenvalue weighted by Gasteiger charge is 2.48. The number of amides is 4. The summed E-state index contributed by atoms with van der Waals surface area (Å²) in [7, 11) is 1.33. The van der Waals surface area contributed by atoms with Gasteiger partial charge in [0.25, 0.3) is 5.91 Å². The van der Waals surface area contributed by atoms with E-state index < -0.39 is 73.4 Å². The quantitative estimate of drug-likeness (QED) is 0.337. The van der Waals surface area contributed by atoms with Gasteiger partial charge >= 0.3 is 12.2 Å². The zero-order valence-electron chi connectivity index (χ0n) is 23.7. The Kier molecular flexibility index (Phi) is 9.57. The van der Waals surface area contributed by atoms with Crippen molar-refractivity contribution in [2.75, 3.05) is 25.6 Å². The van der Waals surface area contributed by atoms with Gasteiger partial charge in [0.05, 0.1) is 24.9 Å². The van der Waals surface area contributed by atoms with E-state index in [2.05, 4.69) is 20.8 Å². The summed E-state index contributed by atoms with van der Waals surface area (Å²) in [5.74, 6) is -5.08. The standard InChI is InChI=1S/C27H33F5N6O5/c1-14(2)21-17(12-43-37-21)23(39)36-22(15-4-7-26(28,29)8-5-15)24(40)35-20-10-16(6-9-33-20)18(13-42-3)38-11-19(27(30,31)32)34-25(38)41/h6,9-10,12,14-15,18-19,22H,4-5,7-8,11,13H2,1-3H3,(H,34,41)(H,36,39)(H,33,35,40)/t18-,19+,22+/m1/s1. The Morgan fingerprint density at radius 1 is 1.26 bits per heavy atom. The third-order valence-corrected chi connectivity index (χ3v) is 7.65. The normalized spacial score (nSPS) is 20.5. The number of carbonyl (C=O) groups is 3. The van der Waals surface area contributed by atoms with Gasteiger partial charge in [0.15, 0.2) is 0 Å². The number of nitrogens with zero attached hydrogens (tertiary/aromatic N) is 3. The second-order valence-corrected chi connectivity index (χ2v) is 11.0. The fourth-order valence-electron chi connectivity index (χ4n) is 5.31. The number of nitrogens with one attached hydrogen (secondary N) is 3. The average Bonchev–Trinajstić information content (AvgIpc) is 3.58. The summed E-state index contributed by atoms with van der Waals surface area (Å²) in [6.45, 7) is 2.79. The minimum atomic E-state index is -4.65. The minimum Gasteiger partial charge on any atom is -0.382 e. The van der Waals surface area contributed by atoms with Crippen LogP contribution in [0.15, 0.2) is 29.1 Å². The molecule has 0 radical (unpaired) electrons. The van der Waals surface area contributed by atoms with Gasteiger partial charge in [-0.15, -0.1) is 0 Å². The van der Waals surface area contributed by atoms with Gasteiger partial charge in [-0.1, -0.05) is 19.0 Å². The molecule has 1 saturated carbocycles. The smallest absolute Gasteiger partial charge is 0.382 e. The fraction of sp³-hybridized carbons (Fsp3) is 0.593. The van der Waals surface area contributed by atoms with Gasteiger partial charge in [-0.05, 0) is 42.4 Å². The van der Waals surface area contributed by atoms with Crippen LogP contribution < -0.4 is 16.0 Å². The van der Waals surface area contributed by atoms with Crippen LogP contribution in [0.1, 0.15) is 73.1 Å². The molecule has 4 amide bonds. The maximum absolute atomic E-state index is 13.9. The molecule has 2 aromatic heterocycles. The SMILES string of the molecule is COC[C@H](c1ccnc(NC(=O)[C@@H](NC(=O)c2conc2C(C)C)C2CCC(F)(F)CC2)c1)N1C[C@@H](C(F)(F)F)NC1=O. The van der Waals surface area contributed by atoms with Gasteiger partial charge in [0.1, 0.15) is 29.7 Å². The zero-order valence-corrected chi connectivity index (χ0v) is 23.7. The summed E-state index contributed by atoms with van der Waals surface area (Å²) in [6.07, 6.45) is -3.17. The van der Waals surface area contributed by atoms with Crippen molar-refractivity contribution in [1.29, 1.82) is 0 Å². The van der Waals surface area contributed by atoms with E-state index in [0.717, 1.165) is 11.2 Å². The Morgan fingerprint density at radius 3 is 2.56 bits per heavy atom. The van der Waals surface area contributed by atoms with E-state index >= 15 is 0 Å². The maximum atomic E-state index is 13.9. The van der Waals surface area contributed by atoms with Gasteiger partial charge in [-0.2, -0.15) is 13.2 Å². The third-order valence-electron chi connectivity index (χ3n) is 7.65. The molecule has 43 heavy (non-hydrogen) atoms. The van der Waals surface area contributed by atoms with Crippen molar-refractivity contribution < 1.29 is 45.6 Å². The minimum absolute atomic E-state index is 0.0242. The molecule has 2 fully saturated rings. The summed E-state index contributed by atoms with van der Waals surface area (Å²) in [6, 6.07) is -2.33. The predicted molar refractivity (Wildman–Crippen MR) is 141 cm³/mol. The molecule has 0 unspecified atom stereocenters. The number of ether oxygens (including phenoxy) is 1. The lowest BCUT2D eigenvalue weighted by Crippen LogP contribution is -2.50. The first-order valence-corrected chi connectivity index (χ1v) is 13.7. The van der Waals surface area contributed by atoms with Crippen LogP contribution in [-0.2, 0) is 9.53 Å². The monoisotopic (exact) mass is 616 g/mol. The summed E-state index contributed by atoms with van der Waals surface area (Å²) in [5, 5.41) is 11.0. The van der Waals surface area contributed by atoms with Crippen LogP contribution in [0.25, 0.3) is 0 Å². The molecule has 4 rings (SSSR count). The molecule has 1 aliphatic carbocycles. The van der Waals surface area contributed by atoms with Crippen molar-refractivity contribution in [2.24, 2.45) is 5.92 Å². The predicted octanol–water partition coefficient (Wildman–Crippen LogP) is 4.40. The van der Waals surface area contributed by atoms with Crippen molar-refractivity contribution in [3.05, 3.63) is 41.4 Å². The molecule has 3 heterocycles. The van der Waals surface area contributed by atoms with Crippen molar-refractivity contribution in [3.8, 4) is 0 Å². The number of methoxy groups -OCH3 is 1. The highest BCUT2D eigenvalue weighted by molar-refractivity contribution is 6.01. The Labute approximate surface area is 243 Å². The van der Waals surface area contributed by atoms with E-state index in [1.54, 1.807) is 13.8 Å². The number of halogens is 5. The first kappa shape index (κ1) is 32.1. The Morgan fingerprint density at radius 2 is 1.95 bits per heavy atom. The summed E-state index contributed by atoms with van der Waals surface area (Å²) in [5.41, 5.74) is 0.802. The Hall–Kier alpha value is -3.82. The number of aromatic nitrogens is 2. The molecule has 3 N–H and O–H groups in total. The zero-order chi connectivity index (χ0) is 31.5. The van der Waals surface area contributed by atoms with Crippen LogP contribution in [0.4, 0.5) is 32.6 Å². The number of alkyl halides is 5. The van der Waals surface area contributed by atoms with Crippen LogP contribution in [0, 0.1) is 5.92 Å².